The van der Waals surface area contributed by atoms with Gasteiger partial charge in [-0.2, -0.15) is 0 Å². The number of imidazole rings is 1. The van der Waals surface area contributed by atoms with E-state index in [-0.39, 0.29) is 22.6 Å². The fraction of sp³-hybridized carbons (Fsp3) is 0.267. The van der Waals surface area contributed by atoms with E-state index >= 15 is 0 Å². The zero-order chi connectivity index (χ0) is 27.1. The highest BCUT2D eigenvalue weighted by Gasteiger charge is 2.46. The molecule has 39 heavy (non-hydrogen) atoms. The number of benzene rings is 3. The van der Waals surface area contributed by atoms with Gasteiger partial charge in [-0.1, -0.05) is 54.1 Å². The number of aromatic nitrogens is 2. The van der Waals surface area contributed by atoms with Crippen molar-refractivity contribution in [2.45, 2.75) is 42.7 Å². The summed E-state index contributed by atoms with van der Waals surface area (Å²) < 4.78 is 31.1. The monoisotopic (exact) mass is 560 g/mol. The lowest BCUT2D eigenvalue weighted by Crippen LogP contribution is -2.33. The summed E-state index contributed by atoms with van der Waals surface area (Å²) in [5.41, 5.74) is 3.90. The molecule has 2 aliphatic carbocycles. The molecule has 2 aliphatic rings. The third kappa shape index (κ3) is 5.24. The Morgan fingerprint density at radius 2 is 1.92 bits per heavy atom. The van der Waals surface area contributed by atoms with E-state index in [0.717, 1.165) is 35.5 Å². The van der Waals surface area contributed by atoms with Crippen LogP contribution in [0.5, 0.6) is 0 Å². The van der Waals surface area contributed by atoms with Crippen molar-refractivity contribution in [1.29, 1.82) is 0 Å². The van der Waals surface area contributed by atoms with E-state index in [1.807, 2.05) is 54.2 Å². The molecule has 1 heterocycles. The maximum Gasteiger partial charge on any atom is 0.241 e. The second kappa shape index (κ2) is 10.3. The minimum absolute atomic E-state index is 0.0564. The molecular weight excluding hydrogens is 532 g/mol. The summed E-state index contributed by atoms with van der Waals surface area (Å²) in [6, 6.07) is 21.9. The Balaban J connectivity index is 1.30. The van der Waals surface area contributed by atoms with E-state index in [4.69, 9.17) is 11.6 Å². The highest BCUT2D eigenvalue weighted by Crippen LogP contribution is 2.49. The molecule has 1 saturated carbocycles. The van der Waals surface area contributed by atoms with Crippen LogP contribution in [0.2, 0.25) is 5.02 Å². The Kier molecular flexibility index (Phi) is 6.79. The summed E-state index contributed by atoms with van der Waals surface area (Å²) in [5.74, 6) is 0.937. The number of hydrogen-bond donors (Lipinski definition) is 1. The second-order valence-electron chi connectivity index (χ2n) is 10.3. The molecule has 1 N–H and O–H groups in total. The van der Waals surface area contributed by atoms with Gasteiger partial charge in [0.05, 0.1) is 11.4 Å². The zero-order valence-corrected chi connectivity index (χ0v) is 23.1. The number of hydrogen-bond acceptors (Lipinski definition) is 4. The number of amides is 1. The van der Waals surface area contributed by atoms with Crippen molar-refractivity contribution in [3.8, 4) is 0 Å². The number of halogens is 1. The molecule has 9 heteroatoms. The number of nitrogens with one attached hydrogen (secondary N) is 1. The molecule has 0 spiro atoms. The van der Waals surface area contributed by atoms with Gasteiger partial charge in [0.1, 0.15) is 5.82 Å². The number of nitrogens with zero attached hydrogens (tertiary/aromatic N) is 3. The van der Waals surface area contributed by atoms with Gasteiger partial charge < -0.3 is 9.47 Å². The number of carbonyl (C=O) groups excluding carboxylic acids is 1. The molecule has 3 atom stereocenters. The van der Waals surface area contributed by atoms with Crippen LogP contribution in [0.25, 0.3) is 0 Å². The number of aryl methyl sites for hydroxylation is 2. The third-order valence-electron chi connectivity index (χ3n) is 7.74. The molecule has 1 fully saturated rings. The largest absolute Gasteiger partial charge is 0.337 e. The van der Waals surface area contributed by atoms with Crippen molar-refractivity contribution >= 4 is 33.2 Å². The molecule has 4 aromatic rings. The predicted octanol–water partition coefficient (Wildman–Crippen LogP) is 5.38. The fourth-order valence-electron chi connectivity index (χ4n) is 5.49. The van der Waals surface area contributed by atoms with Crippen LogP contribution < -0.4 is 9.62 Å². The molecule has 7 nitrogen and oxygen atoms in total. The second-order valence-corrected chi connectivity index (χ2v) is 12.4. The van der Waals surface area contributed by atoms with Crippen molar-refractivity contribution in [2.24, 2.45) is 13.0 Å². The Labute approximate surface area is 233 Å². The Hall–Kier alpha value is -3.46. The lowest BCUT2D eigenvalue weighted by Gasteiger charge is -2.25. The smallest absolute Gasteiger partial charge is 0.241 e. The van der Waals surface area contributed by atoms with Crippen LogP contribution in [0.4, 0.5) is 5.69 Å². The van der Waals surface area contributed by atoms with Crippen LogP contribution in [0.1, 0.15) is 47.3 Å². The van der Waals surface area contributed by atoms with E-state index in [0.29, 0.717) is 18.0 Å². The summed E-state index contributed by atoms with van der Waals surface area (Å²) in [5, 5.41) is 0.365. The first-order chi connectivity index (χ1) is 18.8. The number of fused-ring (bicyclic) bond motifs is 1. The molecule has 6 rings (SSSR count). The van der Waals surface area contributed by atoms with Crippen molar-refractivity contribution in [2.75, 3.05) is 4.90 Å². The van der Waals surface area contributed by atoms with E-state index in [1.165, 1.54) is 17.7 Å². The lowest BCUT2D eigenvalue weighted by atomic mass is 10.1. The van der Waals surface area contributed by atoms with Crippen LogP contribution in [-0.4, -0.2) is 23.9 Å². The van der Waals surface area contributed by atoms with E-state index in [1.54, 1.807) is 23.2 Å². The van der Waals surface area contributed by atoms with Crippen molar-refractivity contribution < 1.29 is 13.2 Å². The maximum absolute atomic E-state index is 13.9. The molecule has 3 unspecified atom stereocenters. The zero-order valence-electron chi connectivity index (χ0n) is 21.5. The highest BCUT2D eigenvalue weighted by molar-refractivity contribution is 7.89. The van der Waals surface area contributed by atoms with Gasteiger partial charge in [0.15, 0.2) is 0 Å². The molecule has 0 radical (unpaired) electrons. The molecule has 200 valence electrons. The van der Waals surface area contributed by atoms with Gasteiger partial charge in [-0.15, -0.1) is 0 Å². The maximum atomic E-state index is 13.9. The Morgan fingerprint density at radius 3 is 2.67 bits per heavy atom. The van der Waals surface area contributed by atoms with Crippen LogP contribution in [0.15, 0.2) is 90.1 Å². The van der Waals surface area contributed by atoms with Gasteiger partial charge in [-0.05, 0) is 72.2 Å². The fourth-order valence-corrected chi connectivity index (χ4v) is 7.04. The number of sulfonamides is 1. The molecule has 0 saturated heterocycles. The summed E-state index contributed by atoms with van der Waals surface area (Å²) in [6.45, 7) is 0.331. The van der Waals surface area contributed by atoms with Gasteiger partial charge in [0, 0.05) is 42.1 Å². The summed E-state index contributed by atoms with van der Waals surface area (Å²) in [6.07, 6.45) is 5.80. The van der Waals surface area contributed by atoms with Crippen molar-refractivity contribution in [1.82, 2.24) is 14.3 Å². The first-order valence-electron chi connectivity index (χ1n) is 13.0. The first-order valence-corrected chi connectivity index (χ1v) is 14.9. The number of anilines is 1. The standard InChI is InChI=1S/C30H29ClN4O3S/c1-34-15-14-32-29(34)19-35(30(36)27-18-25(27)20-6-3-2-4-7-20)23-12-10-21-11-13-28(26(21)17-23)33-39(37,38)24-9-5-8-22(31)16-24/h2-10,12,14-17,25,27-28,33H,11,13,18-19H2,1H3. The molecule has 3 aromatic carbocycles. The summed E-state index contributed by atoms with van der Waals surface area (Å²) in [4.78, 5) is 20.3. The SMILES string of the molecule is Cn1ccnc1CN(C(=O)C1CC1c1ccccc1)c1ccc2c(c1)C(NS(=O)(=O)c1cccc(Cl)c1)CC2. The summed E-state index contributed by atoms with van der Waals surface area (Å²) >= 11 is 6.05. The molecular formula is C30H29ClN4O3S. The van der Waals surface area contributed by atoms with Crippen LogP contribution in [-0.2, 0) is 34.8 Å². The first kappa shape index (κ1) is 25.8. The van der Waals surface area contributed by atoms with Gasteiger partial charge in [0.25, 0.3) is 0 Å². The lowest BCUT2D eigenvalue weighted by molar-refractivity contribution is -0.120. The Bertz CT molecular complexity index is 1640. The molecule has 0 aliphatic heterocycles. The average Bonchev–Trinajstić information content (AvgIpc) is 3.50. The highest BCUT2D eigenvalue weighted by atomic mass is 35.5. The summed E-state index contributed by atoms with van der Waals surface area (Å²) in [7, 11) is -1.86. The minimum Gasteiger partial charge on any atom is -0.337 e. The van der Waals surface area contributed by atoms with Gasteiger partial charge >= 0.3 is 0 Å². The molecule has 1 amide bonds. The number of rotatable bonds is 8. The topological polar surface area (TPSA) is 84.3 Å². The van der Waals surface area contributed by atoms with E-state index in [2.05, 4.69) is 21.8 Å². The Morgan fingerprint density at radius 1 is 1.10 bits per heavy atom. The minimum atomic E-state index is -3.77. The van der Waals surface area contributed by atoms with Gasteiger partial charge in [0.2, 0.25) is 15.9 Å². The third-order valence-corrected chi connectivity index (χ3v) is 9.45. The van der Waals surface area contributed by atoms with E-state index < -0.39 is 16.1 Å². The predicted molar refractivity (Wildman–Crippen MR) is 151 cm³/mol. The van der Waals surface area contributed by atoms with Crippen LogP contribution >= 0.6 is 11.6 Å². The number of carbonyl (C=O) groups is 1. The van der Waals surface area contributed by atoms with Gasteiger partial charge in [-0.25, -0.2) is 18.1 Å². The molecule has 0 bridgehead atoms. The van der Waals surface area contributed by atoms with Crippen LogP contribution in [0.3, 0.4) is 0 Å². The van der Waals surface area contributed by atoms with Crippen LogP contribution in [0, 0.1) is 5.92 Å². The van der Waals surface area contributed by atoms with E-state index in [9.17, 15) is 13.2 Å². The van der Waals surface area contributed by atoms with Gasteiger partial charge in [-0.3, -0.25) is 4.79 Å². The van der Waals surface area contributed by atoms with Crippen molar-refractivity contribution in [3.05, 3.63) is 113 Å². The average molecular weight is 561 g/mol. The van der Waals surface area contributed by atoms with Crippen molar-refractivity contribution in [3.63, 3.8) is 0 Å². The molecule has 1 aromatic heterocycles. The quantitative estimate of drug-likeness (QED) is 0.314. The normalized spacial score (nSPS) is 20.0.